The van der Waals surface area contributed by atoms with Crippen molar-refractivity contribution in [1.29, 1.82) is 0 Å². The fourth-order valence-corrected chi connectivity index (χ4v) is 4.71. The van der Waals surface area contributed by atoms with Crippen LogP contribution in [0.4, 0.5) is 0 Å². The third kappa shape index (κ3) is 4.90. The van der Waals surface area contributed by atoms with Crippen LogP contribution in [0.15, 0.2) is 112 Å². The van der Waals surface area contributed by atoms with Crippen molar-refractivity contribution in [3.05, 3.63) is 97.1 Å². The van der Waals surface area contributed by atoms with Gasteiger partial charge in [-0.15, -0.1) is 0 Å². The lowest BCUT2D eigenvalue weighted by Crippen LogP contribution is -2.21. The first kappa shape index (κ1) is 19.5. The van der Waals surface area contributed by atoms with Crippen LogP contribution in [-0.2, 0) is 15.7 Å². The molecule has 0 bridgehead atoms. The largest absolute Gasteiger partial charge is 0.425 e. The molecule has 4 heteroatoms. The quantitative estimate of drug-likeness (QED) is 0.154. The molecule has 0 heterocycles. The molecule has 0 saturated heterocycles. The summed E-state index contributed by atoms with van der Waals surface area (Å²) in [6.45, 7) is 5.56. The molecular weight excluding hydrogens is 420 g/mol. The minimum atomic E-state index is -0.500. The number of benzene rings is 3. The zero-order chi connectivity index (χ0) is 19.2. The lowest BCUT2D eigenvalue weighted by Gasteiger charge is -2.11. The van der Waals surface area contributed by atoms with Gasteiger partial charge >= 0.3 is 5.97 Å². The van der Waals surface area contributed by atoms with Crippen LogP contribution in [0.5, 0.6) is 5.75 Å². The van der Waals surface area contributed by atoms with E-state index in [1.807, 2.05) is 36.4 Å². The van der Waals surface area contributed by atoms with Crippen LogP contribution in [0, 0.1) is 0 Å². The van der Waals surface area contributed by atoms with Crippen molar-refractivity contribution >= 4 is 32.8 Å². The van der Waals surface area contributed by atoms with Gasteiger partial charge < -0.3 is 4.74 Å². The lowest BCUT2D eigenvalue weighted by molar-refractivity contribution is -0.132. The van der Waals surface area contributed by atoms with E-state index in [2.05, 4.69) is 71.0 Å². The Balaban J connectivity index is 1.88. The molecule has 0 spiro atoms. The van der Waals surface area contributed by atoms with E-state index in [1.165, 1.54) is 14.7 Å². The fraction of sp³-hybridized carbons (Fsp3) is 0.0870. The summed E-state index contributed by atoms with van der Waals surface area (Å²) < 4.78 is 5.44. The number of halogens is 1. The molecule has 3 aromatic rings. The Morgan fingerprint density at radius 1 is 0.852 bits per heavy atom. The Hall–Kier alpha value is -2.30. The summed E-state index contributed by atoms with van der Waals surface area (Å²) in [6.07, 6.45) is 0. The van der Waals surface area contributed by atoms with Gasteiger partial charge in [0.2, 0.25) is 0 Å². The van der Waals surface area contributed by atoms with E-state index < -0.39 is 4.83 Å². The monoisotopic (exact) mass is 439 g/mol. The topological polar surface area (TPSA) is 26.3 Å². The molecule has 2 nitrogen and oxygen atoms in total. The molecule has 0 amide bonds. The van der Waals surface area contributed by atoms with E-state index in [0.717, 1.165) is 0 Å². The van der Waals surface area contributed by atoms with Crippen LogP contribution in [0.3, 0.4) is 0 Å². The number of carbonyl (C=O) groups excluding carboxylic acids is 1. The highest BCUT2D eigenvalue weighted by Gasteiger charge is 2.28. The summed E-state index contributed by atoms with van der Waals surface area (Å²) in [5.74, 6) is 0.166. The first-order chi connectivity index (χ1) is 13.1. The van der Waals surface area contributed by atoms with E-state index in [-0.39, 0.29) is 16.9 Å². The molecule has 0 aliphatic heterocycles. The first-order valence-electron chi connectivity index (χ1n) is 8.52. The Morgan fingerprint density at radius 3 is 1.74 bits per heavy atom. The van der Waals surface area contributed by atoms with Crippen molar-refractivity contribution in [3.63, 3.8) is 0 Å². The second-order valence-corrected chi connectivity index (χ2v) is 8.98. The zero-order valence-corrected chi connectivity index (χ0v) is 17.4. The predicted octanol–water partition coefficient (Wildman–Crippen LogP) is 6.03. The van der Waals surface area contributed by atoms with Gasteiger partial charge in [0.15, 0.2) is 14.7 Å². The summed E-state index contributed by atoms with van der Waals surface area (Å²) in [7, 11) is -0.216. The van der Waals surface area contributed by atoms with Crippen molar-refractivity contribution in [3.8, 4) is 5.75 Å². The standard InChI is InChI=1S/C23H20BrO2S/c1-17(2)22(24)23(25)26-18-13-15-21(16-14-18)27(19-9-5-3-6-10-19)20-11-7-4-8-12-20/h3-16,22H,1H2,2H3/q+1. The van der Waals surface area contributed by atoms with Gasteiger partial charge in [-0.1, -0.05) is 64.5 Å². The summed E-state index contributed by atoms with van der Waals surface area (Å²) in [5.41, 5.74) is 0.714. The third-order valence-corrected chi connectivity index (χ3v) is 7.26. The second kappa shape index (κ2) is 9.07. The average Bonchev–Trinajstić information content (AvgIpc) is 2.70. The zero-order valence-electron chi connectivity index (χ0n) is 15.0. The van der Waals surface area contributed by atoms with Crippen LogP contribution in [0.2, 0.25) is 0 Å². The minimum Gasteiger partial charge on any atom is -0.425 e. The van der Waals surface area contributed by atoms with E-state index in [1.54, 1.807) is 6.92 Å². The van der Waals surface area contributed by atoms with Crippen molar-refractivity contribution < 1.29 is 9.53 Å². The third-order valence-electron chi connectivity index (χ3n) is 3.88. The van der Waals surface area contributed by atoms with Gasteiger partial charge in [-0.2, -0.15) is 0 Å². The number of hydrogen-bond donors (Lipinski definition) is 0. The maximum absolute atomic E-state index is 12.1. The van der Waals surface area contributed by atoms with Gasteiger partial charge in [0, 0.05) is 0 Å². The van der Waals surface area contributed by atoms with Crippen LogP contribution in [-0.4, -0.2) is 10.8 Å². The molecule has 3 aromatic carbocycles. The number of rotatable bonds is 6. The SMILES string of the molecule is C=C(C)C(Br)C(=O)Oc1ccc([S+](c2ccccc2)c2ccccc2)cc1. The molecule has 3 rings (SSSR count). The van der Waals surface area contributed by atoms with Gasteiger partial charge in [0.25, 0.3) is 0 Å². The van der Waals surface area contributed by atoms with Crippen molar-refractivity contribution in [1.82, 2.24) is 0 Å². The Kier molecular flexibility index (Phi) is 6.54. The number of esters is 1. The maximum atomic E-state index is 12.1. The summed E-state index contributed by atoms with van der Waals surface area (Å²) >= 11 is 3.29. The Morgan fingerprint density at radius 2 is 1.30 bits per heavy atom. The molecule has 0 fully saturated rings. The van der Waals surface area contributed by atoms with Crippen LogP contribution in [0.25, 0.3) is 0 Å². The normalized spacial score (nSPS) is 11.8. The molecule has 0 aliphatic carbocycles. The fourth-order valence-electron chi connectivity index (χ4n) is 2.53. The van der Waals surface area contributed by atoms with Gasteiger partial charge in [0.1, 0.15) is 10.6 Å². The molecule has 0 aromatic heterocycles. The number of alkyl halides is 1. The first-order valence-corrected chi connectivity index (χ1v) is 10.7. The highest BCUT2D eigenvalue weighted by molar-refractivity contribution is 9.10. The second-order valence-electron chi connectivity index (χ2n) is 6.03. The summed E-state index contributed by atoms with van der Waals surface area (Å²) in [4.78, 5) is 15.2. The molecule has 0 saturated carbocycles. The van der Waals surface area contributed by atoms with Gasteiger partial charge in [-0.25, -0.2) is 0 Å². The summed E-state index contributed by atoms with van der Waals surface area (Å²) in [6, 6.07) is 28.6. The molecular formula is C23H20BrO2S+. The lowest BCUT2D eigenvalue weighted by atomic mass is 10.2. The minimum absolute atomic E-state index is 0.216. The van der Waals surface area contributed by atoms with E-state index in [9.17, 15) is 4.79 Å². The highest BCUT2D eigenvalue weighted by Crippen LogP contribution is 2.32. The number of carbonyl (C=O) groups is 1. The van der Waals surface area contributed by atoms with Gasteiger partial charge in [-0.3, -0.25) is 4.79 Å². The Labute approximate surface area is 171 Å². The van der Waals surface area contributed by atoms with Crippen molar-refractivity contribution in [2.45, 2.75) is 26.4 Å². The molecule has 0 N–H and O–H groups in total. The predicted molar refractivity (Wildman–Crippen MR) is 115 cm³/mol. The highest BCUT2D eigenvalue weighted by atomic mass is 79.9. The number of hydrogen-bond acceptors (Lipinski definition) is 2. The van der Waals surface area contributed by atoms with Crippen molar-refractivity contribution in [2.75, 3.05) is 0 Å². The van der Waals surface area contributed by atoms with E-state index in [4.69, 9.17) is 4.74 Å². The molecule has 0 radical (unpaired) electrons. The van der Waals surface area contributed by atoms with Crippen LogP contribution in [0.1, 0.15) is 6.92 Å². The van der Waals surface area contributed by atoms with Crippen LogP contribution < -0.4 is 4.74 Å². The van der Waals surface area contributed by atoms with E-state index >= 15 is 0 Å². The molecule has 1 atom stereocenters. The number of ether oxygens (including phenoxy) is 1. The van der Waals surface area contributed by atoms with Crippen molar-refractivity contribution in [2.24, 2.45) is 0 Å². The molecule has 1 unspecified atom stereocenters. The van der Waals surface area contributed by atoms with Gasteiger partial charge in [-0.05, 0) is 55.5 Å². The molecule has 136 valence electrons. The van der Waals surface area contributed by atoms with E-state index in [0.29, 0.717) is 11.3 Å². The molecule has 27 heavy (non-hydrogen) atoms. The van der Waals surface area contributed by atoms with Crippen LogP contribution >= 0.6 is 15.9 Å². The molecule has 0 aliphatic rings. The Bertz CT molecular complexity index is 869. The van der Waals surface area contributed by atoms with Gasteiger partial charge in [0.05, 0.1) is 10.9 Å². The summed E-state index contributed by atoms with van der Waals surface area (Å²) in [5, 5.41) is 0. The maximum Gasteiger partial charge on any atom is 0.329 e. The smallest absolute Gasteiger partial charge is 0.329 e. The average molecular weight is 440 g/mol.